The topological polar surface area (TPSA) is 104 Å². The number of phenols is 1. The predicted molar refractivity (Wildman–Crippen MR) is 175 cm³/mol. The van der Waals surface area contributed by atoms with Gasteiger partial charge in [0.1, 0.15) is 0 Å². The van der Waals surface area contributed by atoms with E-state index >= 15 is 0 Å². The average Bonchev–Trinajstić information content (AvgIpc) is 3.41. The first-order valence-electron chi connectivity index (χ1n) is 14.0. The van der Waals surface area contributed by atoms with E-state index in [-0.39, 0.29) is 35.1 Å². The highest BCUT2D eigenvalue weighted by molar-refractivity contribution is 14.1. The van der Waals surface area contributed by atoms with Gasteiger partial charge in [-0.2, -0.15) is 0 Å². The zero-order chi connectivity index (χ0) is 30.2. The Morgan fingerprint density at radius 2 is 1.28 bits per heavy atom. The molecular weight excluding hydrogens is 774 g/mol. The summed E-state index contributed by atoms with van der Waals surface area (Å²) in [5.74, 6) is -4.32. The largest absolute Gasteiger partial charge is 0.504 e. The van der Waals surface area contributed by atoms with E-state index in [9.17, 15) is 24.3 Å². The molecule has 2 heterocycles. The van der Waals surface area contributed by atoms with Crippen molar-refractivity contribution in [2.75, 3.05) is 16.9 Å². The molecule has 7 rings (SSSR count). The number of imide groups is 2. The first-order chi connectivity index (χ1) is 20.7. The molecule has 1 N–H and O–H groups in total. The van der Waals surface area contributed by atoms with Crippen LogP contribution in [0.25, 0.3) is 0 Å². The van der Waals surface area contributed by atoms with Gasteiger partial charge in [0.2, 0.25) is 23.6 Å². The third-order valence-corrected chi connectivity index (χ3v) is 10.8. The number of hydrogen-bond acceptors (Lipinski definition) is 6. The molecule has 2 saturated heterocycles. The van der Waals surface area contributed by atoms with E-state index in [2.05, 4.69) is 45.2 Å². The number of anilines is 2. The summed E-state index contributed by atoms with van der Waals surface area (Å²) >= 11 is 4.36. The Morgan fingerprint density at radius 1 is 0.721 bits per heavy atom. The fraction of sp³-hybridized carbons (Fsp3) is 0.273. The number of benzene rings is 3. The Bertz CT molecular complexity index is 1720. The summed E-state index contributed by atoms with van der Waals surface area (Å²) in [7, 11) is 1.46. The number of carbonyl (C=O) groups excluding carboxylic acids is 4. The Hall–Kier alpha value is -3.26. The van der Waals surface area contributed by atoms with Crippen LogP contribution < -0.4 is 14.5 Å². The minimum atomic E-state index is -0.695. The van der Waals surface area contributed by atoms with Crippen molar-refractivity contribution in [3.8, 4) is 11.5 Å². The van der Waals surface area contributed by atoms with Crippen LogP contribution in [0.4, 0.5) is 11.4 Å². The SMILES string of the molecule is COc1cc([C@H]2C3=CC[C@@H]4C(=O)N(c5ccc(I)cc5)C(=O)[C@@H]4[C@@H]3C[C@H]3C(=O)N(c4ccc(I)cc4)C(=O)[C@@H]23)ccc1O. The van der Waals surface area contributed by atoms with Gasteiger partial charge in [-0.3, -0.25) is 29.0 Å². The summed E-state index contributed by atoms with van der Waals surface area (Å²) in [5.41, 5.74) is 2.66. The number of amides is 4. The molecule has 2 aliphatic carbocycles. The second-order valence-corrected chi connectivity index (χ2v) is 13.9. The van der Waals surface area contributed by atoms with Crippen molar-refractivity contribution in [3.05, 3.63) is 91.1 Å². The lowest BCUT2D eigenvalue weighted by Crippen LogP contribution is -2.43. The number of allylic oxidation sites excluding steroid dienone is 2. The Morgan fingerprint density at radius 3 is 1.86 bits per heavy atom. The van der Waals surface area contributed by atoms with Gasteiger partial charge in [0.25, 0.3) is 0 Å². The molecule has 43 heavy (non-hydrogen) atoms. The third-order valence-electron chi connectivity index (χ3n) is 9.38. The number of carbonyl (C=O) groups is 4. The summed E-state index contributed by atoms with van der Waals surface area (Å²) in [5, 5.41) is 10.3. The molecule has 4 amide bonds. The number of rotatable bonds is 4. The lowest BCUT2D eigenvalue weighted by atomic mass is 9.57. The Kier molecular flexibility index (Phi) is 7.11. The molecule has 0 unspecified atom stereocenters. The number of nitrogens with zero attached hydrogens (tertiary/aromatic N) is 2. The highest BCUT2D eigenvalue weighted by Crippen LogP contribution is 2.58. The second kappa shape index (κ2) is 10.7. The van der Waals surface area contributed by atoms with Crippen LogP contribution in [0.15, 0.2) is 78.4 Å². The van der Waals surface area contributed by atoms with Crippen molar-refractivity contribution in [2.45, 2.75) is 18.8 Å². The lowest BCUT2D eigenvalue weighted by molar-refractivity contribution is -0.126. The first-order valence-corrected chi connectivity index (χ1v) is 16.2. The van der Waals surface area contributed by atoms with Crippen LogP contribution in [0.2, 0.25) is 0 Å². The number of phenolic OH excluding ortho intramolecular Hbond substituents is 1. The maximum atomic E-state index is 14.2. The smallest absolute Gasteiger partial charge is 0.238 e. The number of hydrogen-bond donors (Lipinski definition) is 1. The summed E-state index contributed by atoms with van der Waals surface area (Å²) in [6, 6.07) is 19.5. The van der Waals surface area contributed by atoms with E-state index in [4.69, 9.17) is 4.74 Å². The van der Waals surface area contributed by atoms with E-state index in [1.165, 1.54) is 23.0 Å². The number of ether oxygens (including phenoxy) is 1. The summed E-state index contributed by atoms with van der Waals surface area (Å²) in [4.78, 5) is 58.6. The molecule has 1 saturated carbocycles. The molecular formula is C33H26I2N2O6. The monoisotopic (exact) mass is 800 g/mol. The summed E-state index contributed by atoms with van der Waals surface area (Å²) in [6.07, 6.45) is 2.68. The van der Waals surface area contributed by atoms with Crippen molar-refractivity contribution in [2.24, 2.45) is 29.6 Å². The Balaban J connectivity index is 1.34. The molecule has 3 aromatic rings. The van der Waals surface area contributed by atoms with Gasteiger partial charge in [0.05, 0.1) is 42.2 Å². The van der Waals surface area contributed by atoms with Crippen molar-refractivity contribution in [1.82, 2.24) is 0 Å². The molecule has 0 spiro atoms. The number of methoxy groups -OCH3 is 1. The van der Waals surface area contributed by atoms with E-state index in [0.29, 0.717) is 24.2 Å². The molecule has 8 nitrogen and oxygen atoms in total. The van der Waals surface area contributed by atoms with Crippen LogP contribution in [0, 0.1) is 36.7 Å². The van der Waals surface area contributed by atoms with Gasteiger partial charge in [-0.05, 0) is 130 Å². The normalized spacial score (nSPS) is 28.0. The fourth-order valence-corrected chi connectivity index (χ4v) is 8.26. The molecule has 0 aromatic heterocycles. The van der Waals surface area contributed by atoms with Crippen LogP contribution in [0.3, 0.4) is 0 Å². The molecule has 4 aliphatic rings. The molecule has 2 aliphatic heterocycles. The zero-order valence-electron chi connectivity index (χ0n) is 22.9. The summed E-state index contributed by atoms with van der Waals surface area (Å²) < 4.78 is 7.38. The maximum absolute atomic E-state index is 14.2. The highest BCUT2D eigenvalue weighted by atomic mass is 127. The van der Waals surface area contributed by atoms with Crippen molar-refractivity contribution < 1.29 is 29.0 Å². The van der Waals surface area contributed by atoms with Crippen molar-refractivity contribution >= 4 is 80.2 Å². The van der Waals surface area contributed by atoms with Crippen LogP contribution >= 0.6 is 45.2 Å². The quantitative estimate of drug-likeness (QED) is 0.208. The van der Waals surface area contributed by atoms with Gasteiger partial charge in [-0.1, -0.05) is 17.7 Å². The van der Waals surface area contributed by atoms with Gasteiger partial charge >= 0.3 is 0 Å². The first kappa shape index (κ1) is 28.5. The van der Waals surface area contributed by atoms with E-state index < -0.39 is 35.5 Å². The van der Waals surface area contributed by atoms with Gasteiger partial charge in [0.15, 0.2) is 11.5 Å². The van der Waals surface area contributed by atoms with E-state index in [1.54, 1.807) is 36.4 Å². The minimum Gasteiger partial charge on any atom is -0.504 e. The standard InChI is InChI=1S/C33H26I2N2O6/c1-43-26-14-16(2-13-25(26)38)27-21-11-12-22-28(32(41)36(30(22)39)19-7-3-17(34)4-8-19)23(21)15-24-29(27)33(42)37(31(24)40)20-9-5-18(35)6-10-20/h2-11,13-14,22-24,27-29,38H,12,15H2,1H3/t22-,23+,24+,27-,28-,29+/m0/s1. The number of halogens is 2. The van der Waals surface area contributed by atoms with Crippen LogP contribution in [0.5, 0.6) is 11.5 Å². The minimum absolute atomic E-state index is 0.0353. The van der Waals surface area contributed by atoms with Crippen molar-refractivity contribution in [3.63, 3.8) is 0 Å². The van der Waals surface area contributed by atoms with Crippen LogP contribution in [-0.2, 0) is 19.2 Å². The molecule has 0 bridgehead atoms. The van der Waals surface area contributed by atoms with E-state index in [0.717, 1.165) is 18.3 Å². The fourth-order valence-electron chi connectivity index (χ4n) is 7.54. The van der Waals surface area contributed by atoms with Crippen molar-refractivity contribution in [1.29, 1.82) is 0 Å². The molecule has 3 fully saturated rings. The molecule has 6 atom stereocenters. The van der Waals surface area contributed by atoms with E-state index in [1.807, 2.05) is 30.3 Å². The van der Waals surface area contributed by atoms with Gasteiger partial charge in [-0.25, -0.2) is 0 Å². The number of fused-ring (bicyclic) bond motifs is 4. The second-order valence-electron chi connectivity index (χ2n) is 11.4. The Labute approximate surface area is 275 Å². The maximum Gasteiger partial charge on any atom is 0.238 e. The average molecular weight is 800 g/mol. The van der Waals surface area contributed by atoms with Gasteiger partial charge in [0, 0.05) is 13.1 Å². The molecule has 3 aromatic carbocycles. The van der Waals surface area contributed by atoms with Gasteiger partial charge < -0.3 is 9.84 Å². The van der Waals surface area contributed by atoms with Gasteiger partial charge in [-0.15, -0.1) is 0 Å². The summed E-state index contributed by atoms with van der Waals surface area (Å²) in [6.45, 7) is 0. The molecule has 218 valence electrons. The van der Waals surface area contributed by atoms with Crippen LogP contribution in [0.1, 0.15) is 24.3 Å². The number of aromatic hydroxyl groups is 1. The molecule has 10 heteroatoms. The molecule has 0 radical (unpaired) electrons. The third kappa shape index (κ3) is 4.42. The highest BCUT2D eigenvalue weighted by Gasteiger charge is 2.62. The lowest BCUT2D eigenvalue weighted by Gasteiger charge is -2.44. The van der Waals surface area contributed by atoms with Crippen LogP contribution in [-0.4, -0.2) is 35.8 Å². The predicted octanol–water partition coefficient (Wildman–Crippen LogP) is 5.66. The zero-order valence-corrected chi connectivity index (χ0v) is 27.3.